The number of aryl methyl sites for hydroxylation is 1. The molecule has 2 aromatic rings. The molecule has 0 spiro atoms. The van der Waals surface area contributed by atoms with E-state index in [0.717, 1.165) is 32.2 Å². The number of nitrogens with zero attached hydrogens (tertiary/aromatic N) is 4. The molecule has 0 aliphatic heterocycles. The summed E-state index contributed by atoms with van der Waals surface area (Å²) in [6, 6.07) is 10.8. The van der Waals surface area contributed by atoms with E-state index in [0.29, 0.717) is 12.0 Å². The van der Waals surface area contributed by atoms with Crippen LogP contribution in [0.4, 0.5) is 16.3 Å². The summed E-state index contributed by atoms with van der Waals surface area (Å²) in [7, 11) is 0. The van der Waals surface area contributed by atoms with Crippen LogP contribution >= 0.6 is 0 Å². The Morgan fingerprint density at radius 2 is 1.88 bits per heavy atom. The number of aromatic nitrogens is 3. The molecule has 5 nitrogen and oxygen atoms in total. The molecule has 0 atom stereocenters. The van der Waals surface area contributed by atoms with Gasteiger partial charge in [0.05, 0.1) is 0 Å². The summed E-state index contributed by atoms with van der Waals surface area (Å²) in [4.78, 5) is 14.8. The summed E-state index contributed by atoms with van der Waals surface area (Å²) < 4.78 is 14.3. The molecule has 25 heavy (non-hydrogen) atoms. The molecule has 1 aromatic heterocycles. The zero-order valence-electron chi connectivity index (χ0n) is 15.0. The van der Waals surface area contributed by atoms with Gasteiger partial charge in [-0.3, -0.25) is 0 Å². The smallest absolute Gasteiger partial charge is 0.230 e. The molecule has 1 fully saturated rings. The topological polar surface area (TPSA) is 67.9 Å². The Labute approximate surface area is 148 Å². The second-order valence-corrected chi connectivity index (χ2v) is 7.16. The minimum atomic E-state index is -1.64. The molecule has 1 heterocycles. The molecule has 1 aliphatic rings. The molecule has 0 amide bonds. The molecule has 0 saturated heterocycles. The van der Waals surface area contributed by atoms with Crippen molar-refractivity contribution in [2.24, 2.45) is 0 Å². The lowest BCUT2D eigenvalue weighted by molar-refractivity contribution is 0.206. The molecule has 2 N–H and O–H groups in total. The van der Waals surface area contributed by atoms with Crippen molar-refractivity contribution in [3.05, 3.63) is 41.7 Å². The van der Waals surface area contributed by atoms with E-state index < -0.39 is 5.67 Å². The summed E-state index contributed by atoms with van der Waals surface area (Å²) in [6.45, 7) is 3.71. The number of nitrogen functional groups attached to an aromatic ring is 1. The summed E-state index contributed by atoms with van der Waals surface area (Å²) >= 11 is 0. The summed E-state index contributed by atoms with van der Waals surface area (Å²) in [5.74, 6) is 0.687. The number of alkyl halides is 1. The molecule has 3 rings (SSSR count). The minimum Gasteiger partial charge on any atom is -0.368 e. The highest BCUT2D eigenvalue weighted by molar-refractivity contribution is 5.37. The number of benzene rings is 1. The Morgan fingerprint density at radius 3 is 2.48 bits per heavy atom. The number of hydrogen-bond donors (Lipinski definition) is 1. The first-order chi connectivity index (χ1) is 11.9. The number of rotatable bonds is 7. The van der Waals surface area contributed by atoms with E-state index in [1.165, 1.54) is 25.8 Å². The van der Waals surface area contributed by atoms with Gasteiger partial charge in [0, 0.05) is 12.6 Å². The first kappa shape index (κ1) is 17.6. The Balaban J connectivity index is 1.75. The van der Waals surface area contributed by atoms with Gasteiger partial charge < -0.3 is 10.6 Å². The third kappa shape index (κ3) is 4.44. The van der Waals surface area contributed by atoms with Crippen LogP contribution in [0.15, 0.2) is 30.3 Å². The van der Waals surface area contributed by atoms with Crippen molar-refractivity contribution in [3.63, 3.8) is 0 Å². The predicted octanol–water partition coefficient (Wildman–Crippen LogP) is 3.65. The molecule has 1 aromatic carbocycles. The van der Waals surface area contributed by atoms with Crippen molar-refractivity contribution in [1.82, 2.24) is 15.0 Å². The Hall–Kier alpha value is -2.24. The van der Waals surface area contributed by atoms with E-state index in [4.69, 9.17) is 5.73 Å². The van der Waals surface area contributed by atoms with Crippen LogP contribution in [0, 0.1) is 0 Å². The largest absolute Gasteiger partial charge is 0.368 e. The fraction of sp³-hybridized carbons (Fsp3) is 0.526. The van der Waals surface area contributed by atoms with Crippen LogP contribution in [0.2, 0.25) is 0 Å². The maximum Gasteiger partial charge on any atom is 0.230 e. The number of hydrogen-bond acceptors (Lipinski definition) is 5. The first-order valence-corrected chi connectivity index (χ1v) is 8.95. The number of nitrogens with two attached hydrogens (primary N) is 1. The van der Waals surface area contributed by atoms with Gasteiger partial charge in [-0.25, -0.2) is 4.39 Å². The van der Waals surface area contributed by atoms with E-state index in [1.54, 1.807) is 0 Å². The second kappa shape index (κ2) is 7.33. The van der Waals surface area contributed by atoms with Gasteiger partial charge in [0.1, 0.15) is 0 Å². The third-order valence-electron chi connectivity index (χ3n) is 4.65. The second-order valence-electron chi connectivity index (χ2n) is 7.16. The monoisotopic (exact) mass is 343 g/mol. The van der Waals surface area contributed by atoms with Crippen LogP contribution in [0.25, 0.3) is 0 Å². The van der Waals surface area contributed by atoms with Gasteiger partial charge in [0.15, 0.2) is 11.5 Å². The number of halogens is 1. The highest BCUT2D eigenvalue weighted by Gasteiger charge is 2.30. The third-order valence-corrected chi connectivity index (χ3v) is 4.65. The van der Waals surface area contributed by atoms with Crippen molar-refractivity contribution in [3.8, 4) is 0 Å². The van der Waals surface area contributed by atoms with E-state index >= 15 is 0 Å². The Bertz CT molecular complexity index is 695. The van der Waals surface area contributed by atoms with E-state index in [9.17, 15) is 4.39 Å². The van der Waals surface area contributed by atoms with Crippen molar-refractivity contribution in [2.45, 2.75) is 57.7 Å². The molecule has 1 aliphatic carbocycles. The maximum absolute atomic E-state index is 14.3. The zero-order valence-corrected chi connectivity index (χ0v) is 15.0. The average Bonchev–Trinajstić information content (AvgIpc) is 2.52. The molecular formula is C19H26FN5. The van der Waals surface area contributed by atoms with Gasteiger partial charge in [0.2, 0.25) is 11.9 Å². The predicted molar refractivity (Wildman–Crippen MR) is 98.1 cm³/mol. The normalized spacial score (nSPS) is 15.0. The van der Waals surface area contributed by atoms with Gasteiger partial charge >= 0.3 is 0 Å². The Morgan fingerprint density at radius 1 is 1.16 bits per heavy atom. The molecule has 6 heteroatoms. The van der Waals surface area contributed by atoms with Crippen LogP contribution in [0.5, 0.6) is 0 Å². The van der Waals surface area contributed by atoms with Crippen LogP contribution < -0.4 is 10.6 Å². The lowest BCUT2D eigenvalue weighted by atomic mass is 9.91. The highest BCUT2D eigenvalue weighted by atomic mass is 19.1. The van der Waals surface area contributed by atoms with Gasteiger partial charge in [0.25, 0.3) is 0 Å². The maximum atomic E-state index is 14.3. The number of anilines is 2. The van der Waals surface area contributed by atoms with Gasteiger partial charge in [-0.2, -0.15) is 15.0 Å². The van der Waals surface area contributed by atoms with Gasteiger partial charge in [-0.1, -0.05) is 30.3 Å². The standard InChI is InChI=1S/C19H26FN5/c1-19(2,20)16-22-17(21)24-18(23-16)25(15-11-6-12-15)13-7-10-14-8-4-3-5-9-14/h3-5,8-9,15H,6-7,10-13H2,1-2H3,(H2,21,22,23,24). The van der Waals surface area contributed by atoms with Crippen molar-refractivity contribution in [1.29, 1.82) is 0 Å². The van der Waals surface area contributed by atoms with Gasteiger partial charge in [-0.15, -0.1) is 0 Å². The van der Waals surface area contributed by atoms with Crippen molar-refractivity contribution in [2.75, 3.05) is 17.2 Å². The summed E-state index contributed by atoms with van der Waals surface area (Å²) in [5, 5.41) is 0. The lowest BCUT2D eigenvalue weighted by Gasteiger charge is -2.38. The average molecular weight is 343 g/mol. The lowest BCUT2D eigenvalue weighted by Crippen LogP contribution is -2.42. The van der Waals surface area contributed by atoms with Crippen molar-refractivity contribution >= 4 is 11.9 Å². The van der Waals surface area contributed by atoms with Crippen LogP contribution in [0.3, 0.4) is 0 Å². The first-order valence-electron chi connectivity index (χ1n) is 8.95. The van der Waals surface area contributed by atoms with E-state index in [2.05, 4.69) is 44.1 Å². The molecule has 1 saturated carbocycles. The molecular weight excluding hydrogens is 317 g/mol. The Kier molecular flexibility index (Phi) is 5.16. The molecule has 0 unspecified atom stereocenters. The fourth-order valence-corrected chi connectivity index (χ4v) is 3.02. The van der Waals surface area contributed by atoms with Gasteiger partial charge in [-0.05, 0) is 51.5 Å². The molecule has 0 bridgehead atoms. The summed E-state index contributed by atoms with van der Waals surface area (Å²) in [5.41, 5.74) is 5.50. The SMILES string of the molecule is CC(C)(F)c1nc(N)nc(N(CCCc2ccccc2)C2CCC2)n1. The molecule has 134 valence electrons. The zero-order chi connectivity index (χ0) is 17.9. The van der Waals surface area contributed by atoms with E-state index in [1.807, 2.05) is 6.07 Å². The highest BCUT2D eigenvalue weighted by Crippen LogP contribution is 2.30. The van der Waals surface area contributed by atoms with Crippen molar-refractivity contribution < 1.29 is 4.39 Å². The summed E-state index contributed by atoms with van der Waals surface area (Å²) in [6.07, 6.45) is 5.42. The van der Waals surface area contributed by atoms with Crippen LogP contribution in [-0.2, 0) is 12.1 Å². The minimum absolute atomic E-state index is 0.0816. The van der Waals surface area contributed by atoms with Crippen LogP contribution in [0.1, 0.15) is 50.9 Å². The molecule has 0 radical (unpaired) electrons. The fourth-order valence-electron chi connectivity index (χ4n) is 3.02. The van der Waals surface area contributed by atoms with Crippen LogP contribution in [-0.4, -0.2) is 27.5 Å². The van der Waals surface area contributed by atoms with E-state index in [-0.39, 0.29) is 11.8 Å². The quantitative estimate of drug-likeness (QED) is 0.831.